The van der Waals surface area contributed by atoms with Crippen molar-refractivity contribution < 1.29 is 4.79 Å². The van der Waals surface area contributed by atoms with Gasteiger partial charge in [0.15, 0.2) is 6.29 Å². The summed E-state index contributed by atoms with van der Waals surface area (Å²) < 4.78 is 0. The number of hydrogen-bond acceptors (Lipinski definition) is 5. The molecule has 0 bridgehead atoms. The first-order valence-corrected chi connectivity index (χ1v) is 12.7. The van der Waals surface area contributed by atoms with Gasteiger partial charge in [0, 0.05) is 36.6 Å². The lowest BCUT2D eigenvalue weighted by atomic mass is 10.1. The average molecular weight is 489 g/mol. The van der Waals surface area contributed by atoms with Gasteiger partial charge in [-0.15, -0.1) is 22.7 Å². The smallest absolute Gasteiger partial charge is 0.160 e. The van der Waals surface area contributed by atoms with Crippen LogP contribution < -0.4 is 4.90 Å². The van der Waals surface area contributed by atoms with Crippen molar-refractivity contribution in [2.75, 3.05) is 4.90 Å². The van der Waals surface area contributed by atoms with Crippen LogP contribution in [0.4, 0.5) is 17.1 Å². The number of rotatable bonds is 7. The number of benzene rings is 3. The molecule has 0 saturated carbocycles. The Morgan fingerprint density at radius 1 is 0.657 bits per heavy atom. The number of aldehydes is 1. The highest BCUT2D eigenvalue weighted by atomic mass is 32.1. The molecule has 2 aromatic heterocycles. The minimum Gasteiger partial charge on any atom is -0.311 e. The van der Waals surface area contributed by atoms with Crippen LogP contribution in [0.2, 0.25) is 0 Å². The Kier molecular flexibility index (Phi) is 6.67. The molecule has 0 fully saturated rings. The Morgan fingerprint density at radius 3 is 1.80 bits per heavy atom. The second-order valence-corrected chi connectivity index (χ2v) is 9.95. The highest BCUT2D eigenvalue weighted by Crippen LogP contribution is 2.40. The fraction of sp³-hybridized carbons (Fsp3) is 0. The third-order valence-corrected chi connectivity index (χ3v) is 7.83. The van der Waals surface area contributed by atoms with Crippen LogP contribution >= 0.6 is 22.7 Å². The summed E-state index contributed by atoms with van der Waals surface area (Å²) >= 11 is 3.30. The lowest BCUT2D eigenvalue weighted by Gasteiger charge is -2.25. The summed E-state index contributed by atoms with van der Waals surface area (Å²) in [6.07, 6.45) is 2.21. The van der Waals surface area contributed by atoms with Crippen molar-refractivity contribution in [1.82, 2.24) is 0 Å². The number of para-hydroxylation sites is 2. The molecule has 0 N–H and O–H groups in total. The molecule has 0 radical (unpaired) electrons. The van der Waals surface area contributed by atoms with Gasteiger partial charge in [-0.2, -0.15) is 5.26 Å². The summed E-state index contributed by atoms with van der Waals surface area (Å²) in [5.41, 5.74) is 4.62. The van der Waals surface area contributed by atoms with Crippen LogP contribution in [-0.4, -0.2) is 6.29 Å². The molecule has 2 heterocycles. The second-order valence-electron chi connectivity index (χ2n) is 7.75. The van der Waals surface area contributed by atoms with Crippen molar-refractivity contribution in [3.8, 4) is 26.3 Å². The van der Waals surface area contributed by atoms with E-state index in [0.29, 0.717) is 6.29 Å². The quantitative estimate of drug-likeness (QED) is 0.131. The Hall–Kier alpha value is -4.24. The standard InChI is InChI=1S/C30H20N2OS2/c31-20-22(21-33)19-27-15-16-29(34-27)30-18-17-28(35-30)23-11-13-26(14-12-23)32(24-7-3-1-4-8-24)25-9-5-2-6-10-25/h1-19,21H/b22-19+. The van der Waals surface area contributed by atoms with Crippen LogP contribution in [0.3, 0.4) is 0 Å². The number of carbonyl (C=O) groups excluding carboxylic acids is 1. The molecule has 0 atom stereocenters. The normalized spacial score (nSPS) is 11.1. The minimum absolute atomic E-state index is 0.130. The minimum atomic E-state index is 0.130. The molecule has 3 aromatic carbocycles. The molecule has 5 heteroatoms. The summed E-state index contributed by atoms with van der Waals surface area (Å²) in [4.78, 5) is 17.5. The van der Waals surface area contributed by atoms with E-state index in [2.05, 4.69) is 89.8 Å². The number of carbonyl (C=O) groups is 1. The number of nitrogens with zero attached hydrogens (tertiary/aromatic N) is 2. The van der Waals surface area contributed by atoms with Crippen molar-refractivity contribution >= 4 is 52.1 Å². The maximum atomic E-state index is 10.9. The molecule has 5 rings (SSSR count). The molecule has 0 aliphatic heterocycles. The van der Waals surface area contributed by atoms with E-state index in [9.17, 15) is 4.79 Å². The topological polar surface area (TPSA) is 44.1 Å². The largest absolute Gasteiger partial charge is 0.311 e. The zero-order chi connectivity index (χ0) is 24.0. The molecule has 0 unspecified atom stereocenters. The van der Waals surface area contributed by atoms with Crippen molar-refractivity contribution in [2.45, 2.75) is 0 Å². The average Bonchev–Trinajstić information content (AvgIpc) is 3.59. The maximum Gasteiger partial charge on any atom is 0.160 e. The van der Waals surface area contributed by atoms with E-state index in [0.717, 1.165) is 37.3 Å². The van der Waals surface area contributed by atoms with Gasteiger partial charge in [-0.25, -0.2) is 0 Å². The number of hydrogen-bond donors (Lipinski definition) is 0. The molecule has 5 aromatic rings. The lowest BCUT2D eigenvalue weighted by Crippen LogP contribution is -2.09. The molecule has 0 spiro atoms. The number of anilines is 3. The third kappa shape index (κ3) is 4.99. The summed E-state index contributed by atoms with van der Waals surface area (Å²) in [5, 5.41) is 8.98. The lowest BCUT2D eigenvalue weighted by molar-refractivity contribution is -0.104. The molecule has 3 nitrogen and oxygen atoms in total. The fourth-order valence-electron chi connectivity index (χ4n) is 3.81. The third-order valence-electron chi connectivity index (χ3n) is 5.47. The first kappa shape index (κ1) is 22.5. The Morgan fingerprint density at radius 2 is 1.20 bits per heavy atom. The van der Waals surface area contributed by atoms with E-state index in [1.54, 1.807) is 28.7 Å². The van der Waals surface area contributed by atoms with E-state index in [4.69, 9.17) is 5.26 Å². The van der Waals surface area contributed by atoms with Crippen molar-refractivity contribution in [3.05, 3.63) is 120 Å². The van der Waals surface area contributed by atoms with Gasteiger partial charge in [0.1, 0.15) is 6.07 Å². The summed E-state index contributed by atoms with van der Waals surface area (Å²) in [5.74, 6) is 0. The number of thiophene rings is 2. The molecule has 0 aliphatic rings. The summed E-state index contributed by atoms with van der Waals surface area (Å²) in [6.45, 7) is 0. The van der Waals surface area contributed by atoms with Gasteiger partial charge in [-0.05, 0) is 72.3 Å². The zero-order valence-electron chi connectivity index (χ0n) is 18.7. The molecule has 0 aliphatic carbocycles. The molecule has 0 saturated heterocycles. The molecular formula is C30H20N2OS2. The molecule has 35 heavy (non-hydrogen) atoms. The predicted molar refractivity (Wildman–Crippen MR) is 147 cm³/mol. The Bertz CT molecular complexity index is 1470. The van der Waals surface area contributed by atoms with E-state index in [1.807, 2.05) is 30.3 Å². The Balaban J connectivity index is 1.42. The first-order chi connectivity index (χ1) is 17.2. The SMILES string of the molecule is N#C/C(C=O)=C\c1ccc(-c2ccc(-c3ccc(N(c4ccccc4)c4ccccc4)cc3)s2)s1. The van der Waals surface area contributed by atoms with Gasteiger partial charge in [0.2, 0.25) is 0 Å². The van der Waals surface area contributed by atoms with E-state index in [1.165, 1.54) is 4.88 Å². The van der Waals surface area contributed by atoms with Crippen LogP contribution in [-0.2, 0) is 4.79 Å². The van der Waals surface area contributed by atoms with Gasteiger partial charge in [-0.1, -0.05) is 48.5 Å². The van der Waals surface area contributed by atoms with Crippen LogP contribution in [0.15, 0.2) is 115 Å². The predicted octanol–water partition coefficient (Wildman–Crippen LogP) is 8.72. The van der Waals surface area contributed by atoms with Gasteiger partial charge in [0.05, 0.1) is 5.57 Å². The monoisotopic (exact) mass is 488 g/mol. The van der Waals surface area contributed by atoms with Gasteiger partial charge >= 0.3 is 0 Å². The van der Waals surface area contributed by atoms with E-state index in [-0.39, 0.29) is 5.57 Å². The first-order valence-electron chi connectivity index (χ1n) is 11.0. The van der Waals surface area contributed by atoms with Crippen molar-refractivity contribution in [3.63, 3.8) is 0 Å². The highest BCUT2D eigenvalue weighted by Gasteiger charge is 2.13. The van der Waals surface area contributed by atoms with Crippen LogP contribution in [0, 0.1) is 11.3 Å². The highest BCUT2D eigenvalue weighted by molar-refractivity contribution is 7.24. The number of nitriles is 1. The van der Waals surface area contributed by atoms with E-state index >= 15 is 0 Å². The van der Waals surface area contributed by atoms with Crippen LogP contribution in [0.1, 0.15) is 4.88 Å². The molecular weight excluding hydrogens is 468 g/mol. The van der Waals surface area contributed by atoms with Crippen molar-refractivity contribution in [1.29, 1.82) is 5.26 Å². The van der Waals surface area contributed by atoms with Crippen LogP contribution in [0.25, 0.3) is 26.3 Å². The van der Waals surface area contributed by atoms with Gasteiger partial charge in [0.25, 0.3) is 0 Å². The summed E-state index contributed by atoms with van der Waals surface area (Å²) in [6, 6.07) is 39.5. The van der Waals surface area contributed by atoms with Crippen molar-refractivity contribution in [2.24, 2.45) is 0 Å². The number of allylic oxidation sites excluding steroid dienone is 1. The Labute approximate surface area is 212 Å². The molecule has 0 amide bonds. The zero-order valence-corrected chi connectivity index (χ0v) is 20.3. The van der Waals surface area contributed by atoms with Gasteiger partial charge < -0.3 is 4.90 Å². The van der Waals surface area contributed by atoms with E-state index < -0.39 is 0 Å². The fourth-order valence-corrected chi connectivity index (χ4v) is 5.87. The summed E-state index contributed by atoms with van der Waals surface area (Å²) in [7, 11) is 0. The molecule has 168 valence electrons. The van der Waals surface area contributed by atoms with Gasteiger partial charge in [-0.3, -0.25) is 4.79 Å². The van der Waals surface area contributed by atoms with Crippen LogP contribution in [0.5, 0.6) is 0 Å². The maximum absolute atomic E-state index is 10.9. The second kappa shape index (κ2) is 10.4.